The first-order valence-corrected chi connectivity index (χ1v) is 6.68. The fourth-order valence-electron chi connectivity index (χ4n) is 1.54. The molecule has 1 atom stereocenters. The van der Waals surface area contributed by atoms with E-state index in [-0.39, 0.29) is 5.91 Å². The van der Waals surface area contributed by atoms with Crippen molar-refractivity contribution in [1.82, 2.24) is 4.72 Å². The zero-order valence-electron chi connectivity index (χ0n) is 8.99. The second kappa shape index (κ2) is 4.13. The summed E-state index contributed by atoms with van der Waals surface area (Å²) in [4.78, 5) is 12.5. The van der Waals surface area contributed by atoms with E-state index in [0.29, 0.717) is 9.94 Å². The molecule has 16 heavy (non-hydrogen) atoms. The van der Waals surface area contributed by atoms with Gasteiger partial charge in [-0.2, -0.15) is 0 Å². The Morgan fingerprint density at radius 1 is 1.31 bits per heavy atom. The summed E-state index contributed by atoms with van der Waals surface area (Å²) in [6, 6.07) is 9.51. The maximum absolute atomic E-state index is 11.6. The second-order valence-corrected chi connectivity index (χ2v) is 6.50. The van der Waals surface area contributed by atoms with E-state index >= 15 is 0 Å². The van der Waals surface area contributed by atoms with E-state index in [1.807, 2.05) is 30.3 Å². The first kappa shape index (κ1) is 11.5. The van der Waals surface area contributed by atoms with E-state index < -0.39 is 10.5 Å². The highest BCUT2D eigenvalue weighted by Gasteiger charge is 2.40. The molecule has 1 heterocycles. The lowest BCUT2D eigenvalue weighted by molar-refractivity contribution is -0.115. The average molecular weight is 258 g/mol. The molecule has 0 aromatic heterocycles. The Labute approximate surface area is 101 Å². The second-order valence-electron chi connectivity index (χ2n) is 3.37. The van der Waals surface area contributed by atoms with Gasteiger partial charge in [-0.15, -0.1) is 0 Å². The zero-order chi connectivity index (χ0) is 11.8. The van der Waals surface area contributed by atoms with Crippen molar-refractivity contribution < 1.29 is 8.98 Å². The molecule has 3 nitrogen and oxygen atoms in total. The molecule has 0 saturated heterocycles. The largest absolute Gasteiger partial charge is 0.312 e. The van der Waals surface area contributed by atoms with Crippen molar-refractivity contribution in [3.8, 4) is 0 Å². The normalized spacial score (nSPS) is 28.8. The smallest absolute Gasteiger partial charge is 0.259 e. The van der Waals surface area contributed by atoms with E-state index in [2.05, 4.69) is 4.72 Å². The van der Waals surface area contributed by atoms with Crippen LogP contribution in [0, 0.1) is 0 Å². The molecule has 1 aromatic carbocycles. The van der Waals surface area contributed by atoms with E-state index in [4.69, 9.17) is 15.8 Å². The van der Waals surface area contributed by atoms with Crippen molar-refractivity contribution >= 4 is 28.0 Å². The van der Waals surface area contributed by atoms with Gasteiger partial charge in [-0.05, 0) is 19.1 Å². The van der Waals surface area contributed by atoms with Gasteiger partial charge in [0, 0.05) is 21.0 Å². The van der Waals surface area contributed by atoms with E-state index in [9.17, 15) is 4.79 Å². The minimum atomic E-state index is -2.01. The number of hydrogen-bond donors (Lipinski definition) is 1. The molecule has 1 aliphatic rings. The summed E-state index contributed by atoms with van der Waals surface area (Å²) in [6.07, 6.45) is 0. The van der Waals surface area contributed by atoms with Crippen molar-refractivity contribution in [2.24, 2.45) is 0 Å². The van der Waals surface area contributed by atoms with Crippen molar-refractivity contribution in [3.63, 3.8) is 0 Å². The van der Waals surface area contributed by atoms with Gasteiger partial charge in [0.25, 0.3) is 5.91 Å². The van der Waals surface area contributed by atoms with Crippen LogP contribution in [0.1, 0.15) is 6.92 Å². The minimum absolute atomic E-state index is 0.161. The summed E-state index contributed by atoms with van der Waals surface area (Å²) in [5.74, 6) is -0.161. The van der Waals surface area contributed by atoms with Crippen molar-refractivity contribution in [2.75, 3.05) is 7.11 Å². The van der Waals surface area contributed by atoms with E-state index in [1.165, 1.54) is 0 Å². The first-order valence-electron chi connectivity index (χ1n) is 4.74. The minimum Gasteiger partial charge on any atom is -0.312 e. The van der Waals surface area contributed by atoms with Crippen LogP contribution < -0.4 is 4.72 Å². The lowest BCUT2D eigenvalue weighted by atomic mass is 10.3. The number of halogens is 1. The maximum Gasteiger partial charge on any atom is 0.259 e. The van der Waals surface area contributed by atoms with Crippen LogP contribution in [0.4, 0.5) is 0 Å². The van der Waals surface area contributed by atoms with Crippen molar-refractivity contribution in [1.29, 1.82) is 0 Å². The number of carbonyl (C=O) groups is 1. The molecule has 0 aliphatic carbocycles. The monoisotopic (exact) mass is 257 g/mol. The molecule has 1 N–H and O–H groups in total. The van der Waals surface area contributed by atoms with Crippen molar-refractivity contribution in [2.45, 2.75) is 11.8 Å². The van der Waals surface area contributed by atoms with Gasteiger partial charge in [0.2, 0.25) is 0 Å². The van der Waals surface area contributed by atoms with Gasteiger partial charge in [-0.25, -0.2) is 0 Å². The number of rotatable bonds is 2. The summed E-state index contributed by atoms with van der Waals surface area (Å²) in [5.41, 5.74) is 0.530. The lowest BCUT2D eigenvalue weighted by Crippen LogP contribution is -2.22. The number of amides is 1. The molecule has 2 rings (SSSR count). The Bertz CT molecular complexity index is 460. The van der Waals surface area contributed by atoms with Crippen LogP contribution in [-0.2, 0) is 8.98 Å². The molecule has 0 spiro atoms. The summed E-state index contributed by atoms with van der Waals surface area (Å²) in [5, 5.41) is 0. The molecule has 86 valence electrons. The number of carbonyl (C=O) groups excluding carboxylic acids is 1. The summed E-state index contributed by atoms with van der Waals surface area (Å²) in [6.45, 7) is 1.70. The third-order valence-corrected chi connectivity index (χ3v) is 6.10. The Morgan fingerprint density at radius 3 is 2.38 bits per heavy atom. The molecular formula is C11H12ClNO2S. The Hall–Kier alpha value is -0.970. The Morgan fingerprint density at radius 2 is 1.94 bits per heavy atom. The van der Waals surface area contributed by atoms with Gasteiger partial charge >= 0.3 is 0 Å². The van der Waals surface area contributed by atoms with Crippen LogP contribution in [-0.4, -0.2) is 13.0 Å². The third kappa shape index (κ3) is 1.54. The van der Waals surface area contributed by atoms with Crippen LogP contribution in [0.5, 0.6) is 0 Å². The maximum atomic E-state index is 11.6. The number of nitrogens with one attached hydrogen (secondary N) is 1. The molecule has 0 saturated carbocycles. The molecule has 1 unspecified atom stereocenters. The highest BCUT2D eigenvalue weighted by molar-refractivity contribution is 8.33. The highest BCUT2D eigenvalue weighted by Crippen LogP contribution is 2.64. The molecule has 1 aromatic rings. The molecule has 0 radical (unpaired) electrons. The SMILES string of the molecule is COS1(c2ccccc2)NC(=O)C(C)=C1Cl. The van der Waals surface area contributed by atoms with Crippen LogP contribution in [0.3, 0.4) is 0 Å². The highest BCUT2D eigenvalue weighted by atomic mass is 35.5. The predicted molar refractivity (Wildman–Crippen MR) is 66.0 cm³/mol. The fourth-order valence-corrected chi connectivity index (χ4v) is 4.52. The Balaban J connectivity index is 2.56. The first-order chi connectivity index (χ1) is 7.62. The lowest BCUT2D eigenvalue weighted by Gasteiger charge is -2.33. The molecule has 0 fully saturated rings. The van der Waals surface area contributed by atoms with Gasteiger partial charge in [-0.3, -0.25) is 9.52 Å². The van der Waals surface area contributed by atoms with Gasteiger partial charge in [0.05, 0.1) is 7.11 Å². The molecule has 0 bridgehead atoms. The van der Waals surface area contributed by atoms with Crippen LogP contribution in [0.15, 0.2) is 45.2 Å². The summed E-state index contributed by atoms with van der Waals surface area (Å²) < 4.78 is 8.83. The molecule has 1 amide bonds. The van der Waals surface area contributed by atoms with E-state index in [0.717, 1.165) is 4.90 Å². The standard InChI is InChI=1S/C11H12ClNO2S/c1-8-10(12)16(15-2,13-11(8)14)9-6-4-3-5-7-9/h3-7H,1-2H3,(H,13,14). The van der Waals surface area contributed by atoms with Gasteiger partial charge in [0.15, 0.2) is 0 Å². The van der Waals surface area contributed by atoms with Gasteiger partial charge in [-0.1, -0.05) is 29.8 Å². The number of benzene rings is 1. The third-order valence-electron chi connectivity index (χ3n) is 2.45. The topological polar surface area (TPSA) is 38.3 Å². The van der Waals surface area contributed by atoms with Gasteiger partial charge in [0.1, 0.15) is 4.36 Å². The Kier molecular flexibility index (Phi) is 2.97. The van der Waals surface area contributed by atoms with Crippen molar-refractivity contribution in [3.05, 3.63) is 40.3 Å². The van der Waals surface area contributed by atoms with Crippen LogP contribution in [0.25, 0.3) is 0 Å². The predicted octanol–water partition coefficient (Wildman–Crippen LogP) is 2.93. The van der Waals surface area contributed by atoms with Crippen LogP contribution in [0.2, 0.25) is 0 Å². The molecular weight excluding hydrogens is 246 g/mol. The molecule has 1 aliphatic heterocycles. The quantitative estimate of drug-likeness (QED) is 0.885. The number of hydrogen-bond acceptors (Lipinski definition) is 2. The zero-order valence-corrected chi connectivity index (χ0v) is 10.6. The van der Waals surface area contributed by atoms with Gasteiger partial charge < -0.3 is 4.18 Å². The fraction of sp³-hybridized carbons (Fsp3) is 0.182. The summed E-state index contributed by atoms with van der Waals surface area (Å²) >= 11 is 6.22. The average Bonchev–Trinajstić information content (AvgIpc) is 2.55. The van der Waals surface area contributed by atoms with Crippen LogP contribution >= 0.6 is 22.1 Å². The molecule has 5 heteroatoms. The van der Waals surface area contributed by atoms with E-state index in [1.54, 1.807) is 14.0 Å². The summed E-state index contributed by atoms with van der Waals surface area (Å²) in [7, 11) is -0.450.